The number of nitrogens with zero attached hydrogens (tertiary/aromatic N) is 1. The van der Waals surface area contributed by atoms with Crippen molar-refractivity contribution in [1.82, 2.24) is 10.3 Å². The fourth-order valence-corrected chi connectivity index (χ4v) is 2.99. The average Bonchev–Trinajstić information content (AvgIpc) is 2.89. The molecule has 0 saturated carbocycles. The maximum Gasteiger partial charge on any atom is 0.120 e. The second-order valence-corrected chi connectivity index (χ2v) is 6.68. The van der Waals surface area contributed by atoms with E-state index in [0.717, 1.165) is 20.9 Å². The van der Waals surface area contributed by atoms with Gasteiger partial charge >= 0.3 is 0 Å². The van der Waals surface area contributed by atoms with Crippen molar-refractivity contribution in [2.45, 2.75) is 26.0 Å². The lowest BCUT2D eigenvalue weighted by Crippen LogP contribution is -2.33. The van der Waals surface area contributed by atoms with Crippen molar-refractivity contribution in [3.05, 3.63) is 44.8 Å². The van der Waals surface area contributed by atoms with Crippen molar-refractivity contribution in [2.24, 2.45) is 0 Å². The van der Waals surface area contributed by atoms with Gasteiger partial charge in [0.2, 0.25) is 0 Å². The number of rotatable bonds is 7. The van der Waals surface area contributed by atoms with Gasteiger partial charge in [0.25, 0.3) is 0 Å². The van der Waals surface area contributed by atoms with Crippen LogP contribution in [0, 0.1) is 6.92 Å². The number of ether oxygens (including phenoxy) is 1. The Kier molecular flexibility index (Phi) is 6.17. The third-order valence-corrected chi connectivity index (χ3v) is 4.54. The first-order chi connectivity index (χ1) is 10.0. The monoisotopic (exact) mass is 370 g/mol. The average molecular weight is 371 g/mol. The molecule has 2 rings (SSSR count). The van der Waals surface area contributed by atoms with Crippen LogP contribution in [0.1, 0.15) is 23.7 Å². The van der Waals surface area contributed by atoms with Gasteiger partial charge in [0.05, 0.1) is 6.04 Å². The van der Waals surface area contributed by atoms with E-state index in [-0.39, 0.29) is 12.6 Å². The van der Waals surface area contributed by atoms with Crippen LogP contribution in [0.15, 0.2) is 34.1 Å². The number of aliphatic hydroxyl groups excluding tert-OH is 1. The van der Waals surface area contributed by atoms with Crippen LogP contribution in [0.2, 0.25) is 0 Å². The van der Waals surface area contributed by atoms with Crippen LogP contribution < -0.4 is 10.1 Å². The van der Waals surface area contributed by atoms with Crippen molar-refractivity contribution in [3.63, 3.8) is 0 Å². The predicted molar refractivity (Wildman–Crippen MR) is 88.9 cm³/mol. The van der Waals surface area contributed by atoms with Gasteiger partial charge in [-0.3, -0.25) is 0 Å². The fraction of sp³-hybridized carbons (Fsp3) is 0.400. The first kappa shape index (κ1) is 16.4. The molecule has 2 unspecified atom stereocenters. The van der Waals surface area contributed by atoms with E-state index < -0.39 is 6.10 Å². The van der Waals surface area contributed by atoms with Crippen molar-refractivity contribution in [1.29, 1.82) is 0 Å². The Balaban J connectivity index is 1.73. The summed E-state index contributed by atoms with van der Waals surface area (Å²) in [5.41, 5.74) is 1.03. The first-order valence-corrected chi connectivity index (χ1v) is 8.43. The summed E-state index contributed by atoms with van der Waals surface area (Å²) in [6.45, 7) is 4.74. The van der Waals surface area contributed by atoms with E-state index in [0.29, 0.717) is 6.54 Å². The number of aliphatic hydroxyl groups is 1. The van der Waals surface area contributed by atoms with E-state index in [2.05, 4.69) is 26.2 Å². The van der Waals surface area contributed by atoms with Gasteiger partial charge in [-0.2, -0.15) is 0 Å². The Morgan fingerprint density at radius 2 is 2.29 bits per heavy atom. The Bertz CT molecular complexity index is 576. The lowest BCUT2D eigenvalue weighted by molar-refractivity contribution is 0.104. The molecule has 6 heteroatoms. The highest BCUT2D eigenvalue weighted by atomic mass is 79.9. The van der Waals surface area contributed by atoms with Crippen LogP contribution in [0.3, 0.4) is 0 Å². The minimum absolute atomic E-state index is 0.129. The van der Waals surface area contributed by atoms with Gasteiger partial charge in [-0.15, -0.1) is 11.3 Å². The minimum atomic E-state index is -0.563. The van der Waals surface area contributed by atoms with Gasteiger partial charge in [0.1, 0.15) is 23.5 Å². The molecule has 4 nitrogen and oxygen atoms in total. The van der Waals surface area contributed by atoms with Gasteiger partial charge in [-0.05, 0) is 32.0 Å². The summed E-state index contributed by atoms with van der Waals surface area (Å²) in [7, 11) is 0. The van der Waals surface area contributed by atoms with Gasteiger partial charge < -0.3 is 15.2 Å². The Hall–Kier alpha value is -0.950. The van der Waals surface area contributed by atoms with Crippen LogP contribution in [0.25, 0.3) is 0 Å². The third kappa shape index (κ3) is 5.39. The van der Waals surface area contributed by atoms with E-state index in [1.165, 1.54) is 0 Å². The summed E-state index contributed by atoms with van der Waals surface area (Å²) >= 11 is 5.02. The van der Waals surface area contributed by atoms with Gasteiger partial charge in [-0.25, -0.2) is 4.98 Å². The van der Waals surface area contributed by atoms with E-state index in [4.69, 9.17) is 4.74 Å². The number of aryl methyl sites for hydroxylation is 1. The summed E-state index contributed by atoms with van der Waals surface area (Å²) in [5.74, 6) is 0.743. The number of nitrogens with one attached hydrogen (secondary N) is 1. The van der Waals surface area contributed by atoms with Gasteiger partial charge in [-0.1, -0.05) is 22.0 Å². The van der Waals surface area contributed by atoms with E-state index in [9.17, 15) is 5.11 Å². The fourth-order valence-electron chi connectivity index (χ4n) is 1.78. The maximum atomic E-state index is 9.96. The minimum Gasteiger partial charge on any atom is -0.491 e. The molecule has 0 radical (unpaired) electrons. The standard InChI is InChI=1S/C15H19BrN2O2S/c1-10-9-21-15(18-10)11(2)17-7-13(19)8-20-14-5-3-4-12(16)6-14/h3-6,9,11,13,17,19H,7-8H2,1-2H3. The maximum absolute atomic E-state index is 9.96. The number of hydrogen-bond donors (Lipinski definition) is 2. The molecule has 2 aromatic rings. The Morgan fingerprint density at radius 3 is 2.95 bits per heavy atom. The normalized spacial score (nSPS) is 13.9. The molecule has 0 amide bonds. The molecule has 0 aliphatic rings. The zero-order valence-electron chi connectivity index (χ0n) is 12.0. The third-order valence-electron chi connectivity index (χ3n) is 2.91. The highest BCUT2D eigenvalue weighted by molar-refractivity contribution is 9.10. The van der Waals surface area contributed by atoms with Gasteiger partial charge in [0.15, 0.2) is 0 Å². The highest BCUT2D eigenvalue weighted by Gasteiger charge is 2.12. The zero-order chi connectivity index (χ0) is 15.2. The van der Waals surface area contributed by atoms with Gasteiger partial charge in [0, 0.05) is 22.1 Å². The smallest absolute Gasteiger partial charge is 0.120 e. The number of benzene rings is 1. The topological polar surface area (TPSA) is 54.4 Å². The zero-order valence-corrected chi connectivity index (χ0v) is 14.4. The van der Waals surface area contributed by atoms with Crippen LogP contribution >= 0.6 is 27.3 Å². The number of hydrogen-bond acceptors (Lipinski definition) is 5. The van der Waals surface area contributed by atoms with E-state index in [1.807, 2.05) is 43.5 Å². The van der Waals surface area contributed by atoms with Crippen molar-refractivity contribution in [2.75, 3.05) is 13.2 Å². The van der Waals surface area contributed by atoms with Crippen LogP contribution in [0.4, 0.5) is 0 Å². The van der Waals surface area contributed by atoms with Crippen molar-refractivity contribution >= 4 is 27.3 Å². The lowest BCUT2D eigenvalue weighted by Gasteiger charge is -2.16. The molecule has 21 heavy (non-hydrogen) atoms. The number of halogens is 1. The second-order valence-electron chi connectivity index (χ2n) is 4.88. The van der Waals surface area contributed by atoms with Crippen LogP contribution in [-0.4, -0.2) is 29.3 Å². The summed E-state index contributed by atoms with van der Waals surface area (Å²) < 4.78 is 6.52. The van der Waals surface area contributed by atoms with Crippen molar-refractivity contribution < 1.29 is 9.84 Å². The molecule has 0 spiro atoms. The second kappa shape index (κ2) is 7.89. The Labute approximate surface area is 137 Å². The predicted octanol–water partition coefficient (Wildman–Crippen LogP) is 3.30. The molecule has 1 heterocycles. The molecule has 114 valence electrons. The number of thiazole rings is 1. The molecule has 0 fully saturated rings. The SMILES string of the molecule is Cc1csc(C(C)NCC(O)COc2cccc(Br)c2)n1. The summed E-state index contributed by atoms with van der Waals surface area (Å²) in [6, 6.07) is 7.70. The molecule has 0 aliphatic heterocycles. The van der Waals surface area contributed by atoms with Crippen LogP contribution in [0.5, 0.6) is 5.75 Å². The molecule has 0 aliphatic carbocycles. The largest absolute Gasteiger partial charge is 0.491 e. The Morgan fingerprint density at radius 1 is 1.48 bits per heavy atom. The molecule has 1 aromatic heterocycles. The summed E-state index contributed by atoms with van der Waals surface area (Å²) in [4.78, 5) is 4.43. The molecule has 2 N–H and O–H groups in total. The van der Waals surface area contributed by atoms with Crippen molar-refractivity contribution in [3.8, 4) is 5.75 Å². The summed E-state index contributed by atoms with van der Waals surface area (Å²) in [5, 5.41) is 16.3. The molecule has 2 atom stereocenters. The van der Waals surface area contributed by atoms with E-state index in [1.54, 1.807) is 11.3 Å². The molecule has 1 aromatic carbocycles. The highest BCUT2D eigenvalue weighted by Crippen LogP contribution is 2.18. The van der Waals surface area contributed by atoms with Crippen LogP contribution in [-0.2, 0) is 0 Å². The molecule has 0 bridgehead atoms. The molecular weight excluding hydrogens is 352 g/mol. The quantitative estimate of drug-likeness (QED) is 0.784. The summed E-state index contributed by atoms with van der Waals surface area (Å²) in [6.07, 6.45) is -0.563. The first-order valence-electron chi connectivity index (χ1n) is 6.76. The number of aromatic nitrogens is 1. The lowest BCUT2D eigenvalue weighted by atomic mass is 10.3. The van der Waals surface area contributed by atoms with E-state index >= 15 is 0 Å². The molecular formula is C15H19BrN2O2S. The molecule has 0 saturated heterocycles.